The molecule has 1 aromatic carbocycles. The Kier molecular flexibility index (Phi) is 7.78. The molecular weight excluding hydrogens is 361 g/mol. The molecule has 0 atom stereocenters. The number of carbonyl (C=O) groups excluding carboxylic acids is 1. The van der Waals surface area contributed by atoms with Gasteiger partial charge < -0.3 is 11.1 Å². The van der Waals surface area contributed by atoms with Crippen LogP contribution in [0.1, 0.15) is 29.3 Å². The molecule has 0 aliphatic heterocycles. The van der Waals surface area contributed by atoms with Gasteiger partial charge in [-0.25, -0.2) is 9.67 Å². The first-order valence-corrected chi connectivity index (χ1v) is 7.66. The Morgan fingerprint density at radius 2 is 1.96 bits per heavy atom. The van der Waals surface area contributed by atoms with Crippen LogP contribution in [0.5, 0.6) is 0 Å². The van der Waals surface area contributed by atoms with Crippen molar-refractivity contribution in [3.8, 4) is 5.69 Å². The normalized spacial score (nSPS) is 10.3. The zero-order valence-corrected chi connectivity index (χ0v) is 14.9. The Labute approximate surface area is 150 Å². The lowest BCUT2D eigenvalue weighted by Crippen LogP contribution is -2.26. The first kappa shape index (κ1) is 19.7. The summed E-state index contributed by atoms with van der Waals surface area (Å²) in [5.41, 5.74) is 5.92. The zero-order valence-electron chi connectivity index (χ0n) is 12.6. The van der Waals surface area contributed by atoms with E-state index in [-0.39, 0.29) is 24.1 Å². The van der Waals surface area contributed by atoms with Gasteiger partial charge in [-0.05, 0) is 38.4 Å². The number of unbranched alkanes of at least 4 members (excludes halogenated alkanes) is 1. The summed E-state index contributed by atoms with van der Waals surface area (Å²) in [7, 11) is 0. The minimum Gasteiger partial charge on any atom is -0.349 e. The molecule has 9 heteroatoms. The van der Waals surface area contributed by atoms with Crippen LogP contribution in [0.4, 0.5) is 0 Å². The number of aryl methyl sites for hydroxylation is 1. The molecule has 0 fully saturated rings. The molecule has 0 aliphatic carbocycles. The van der Waals surface area contributed by atoms with Gasteiger partial charge in [0.25, 0.3) is 5.91 Å². The summed E-state index contributed by atoms with van der Waals surface area (Å²) in [6, 6.07) is 5.15. The van der Waals surface area contributed by atoms with Crippen LogP contribution in [0.3, 0.4) is 0 Å². The predicted octanol–water partition coefficient (Wildman–Crippen LogP) is 2.77. The number of nitrogens with two attached hydrogens (primary N) is 1. The second-order valence-corrected chi connectivity index (χ2v) is 5.53. The van der Waals surface area contributed by atoms with Crippen LogP contribution in [0.25, 0.3) is 5.69 Å². The first-order valence-electron chi connectivity index (χ1n) is 6.91. The van der Waals surface area contributed by atoms with Crippen LogP contribution in [-0.2, 0) is 0 Å². The molecule has 6 nitrogen and oxygen atoms in total. The summed E-state index contributed by atoms with van der Waals surface area (Å²) >= 11 is 12.3. The highest BCUT2D eigenvalue weighted by molar-refractivity contribution is 6.37. The second-order valence-electron chi connectivity index (χ2n) is 4.72. The number of aromatic nitrogens is 3. The third-order valence-electron chi connectivity index (χ3n) is 3.04. The van der Waals surface area contributed by atoms with E-state index in [0.29, 0.717) is 34.6 Å². The summed E-state index contributed by atoms with van der Waals surface area (Å²) in [4.78, 5) is 16.2. The van der Waals surface area contributed by atoms with Crippen molar-refractivity contribution in [1.29, 1.82) is 0 Å². The quantitative estimate of drug-likeness (QED) is 0.757. The zero-order chi connectivity index (χ0) is 16.1. The number of halogens is 3. The molecule has 1 heterocycles. The fraction of sp³-hybridized carbons (Fsp3) is 0.357. The first-order chi connectivity index (χ1) is 10.5. The van der Waals surface area contributed by atoms with Crippen molar-refractivity contribution in [3.63, 3.8) is 0 Å². The Hall–Kier alpha value is -1.34. The van der Waals surface area contributed by atoms with Crippen LogP contribution in [-0.4, -0.2) is 33.8 Å². The van der Waals surface area contributed by atoms with Crippen molar-refractivity contribution in [3.05, 3.63) is 39.9 Å². The molecule has 3 N–H and O–H groups in total. The maximum Gasteiger partial charge on any atom is 0.290 e. The molecule has 2 rings (SSSR count). The summed E-state index contributed by atoms with van der Waals surface area (Å²) in [5, 5.41) is 7.84. The SMILES string of the molecule is Cc1nc(C(=O)NCCCCN)nn1-c1c(Cl)cccc1Cl.Cl. The number of para-hydroxylation sites is 1. The van der Waals surface area contributed by atoms with Crippen LogP contribution in [0.2, 0.25) is 10.0 Å². The fourth-order valence-electron chi connectivity index (χ4n) is 1.94. The Balaban J connectivity index is 0.00000264. The fourth-order valence-corrected chi connectivity index (χ4v) is 2.50. The van der Waals surface area contributed by atoms with Gasteiger partial charge in [-0.2, -0.15) is 0 Å². The highest BCUT2D eigenvalue weighted by Crippen LogP contribution is 2.28. The number of rotatable bonds is 6. The van der Waals surface area contributed by atoms with E-state index in [1.165, 1.54) is 4.68 Å². The highest BCUT2D eigenvalue weighted by Gasteiger charge is 2.17. The van der Waals surface area contributed by atoms with E-state index in [0.717, 1.165) is 12.8 Å². The van der Waals surface area contributed by atoms with Gasteiger partial charge >= 0.3 is 0 Å². The summed E-state index contributed by atoms with van der Waals surface area (Å²) in [6.45, 7) is 2.88. The number of nitrogens with zero attached hydrogens (tertiary/aromatic N) is 3. The van der Waals surface area contributed by atoms with Crippen molar-refractivity contribution in [2.75, 3.05) is 13.1 Å². The number of hydrogen-bond acceptors (Lipinski definition) is 4. The molecule has 0 aliphatic rings. The summed E-state index contributed by atoms with van der Waals surface area (Å²) in [5.74, 6) is 0.283. The van der Waals surface area contributed by atoms with E-state index in [1.807, 2.05) is 0 Å². The number of carbonyl (C=O) groups is 1. The van der Waals surface area contributed by atoms with Gasteiger partial charge in [0.2, 0.25) is 5.82 Å². The molecule has 0 saturated heterocycles. The predicted molar refractivity (Wildman–Crippen MR) is 94.0 cm³/mol. The van der Waals surface area contributed by atoms with Crippen molar-refractivity contribution in [1.82, 2.24) is 20.1 Å². The lowest BCUT2D eigenvalue weighted by molar-refractivity contribution is 0.0942. The Bertz CT molecular complexity index is 654. The van der Waals surface area contributed by atoms with Gasteiger partial charge in [-0.1, -0.05) is 29.3 Å². The smallest absolute Gasteiger partial charge is 0.290 e. The molecule has 0 unspecified atom stereocenters. The van der Waals surface area contributed by atoms with Crippen molar-refractivity contribution < 1.29 is 4.79 Å². The lowest BCUT2D eigenvalue weighted by Gasteiger charge is -2.07. The van der Waals surface area contributed by atoms with E-state index in [2.05, 4.69) is 15.4 Å². The van der Waals surface area contributed by atoms with Crippen LogP contribution in [0, 0.1) is 6.92 Å². The molecule has 0 radical (unpaired) electrons. The molecule has 0 bridgehead atoms. The third kappa shape index (κ3) is 4.81. The topological polar surface area (TPSA) is 85.8 Å². The van der Waals surface area contributed by atoms with Gasteiger partial charge in [-0.3, -0.25) is 4.79 Å². The van der Waals surface area contributed by atoms with E-state index in [4.69, 9.17) is 28.9 Å². The van der Waals surface area contributed by atoms with E-state index < -0.39 is 0 Å². The standard InChI is InChI=1S/C14H17Cl2N5O.ClH/c1-9-19-13(14(22)18-8-3-2-7-17)20-21(9)12-10(15)5-4-6-11(12)16;/h4-6H,2-3,7-8,17H2,1H3,(H,18,22);1H. The average Bonchev–Trinajstić information content (AvgIpc) is 2.85. The van der Waals surface area contributed by atoms with Crippen LogP contribution in [0.15, 0.2) is 18.2 Å². The molecule has 126 valence electrons. The second kappa shape index (κ2) is 9.08. The van der Waals surface area contributed by atoms with Crippen molar-refractivity contribution in [2.45, 2.75) is 19.8 Å². The van der Waals surface area contributed by atoms with E-state index in [1.54, 1.807) is 25.1 Å². The Morgan fingerprint density at radius 1 is 1.30 bits per heavy atom. The number of hydrogen-bond donors (Lipinski definition) is 2. The Morgan fingerprint density at radius 3 is 2.57 bits per heavy atom. The molecule has 2 aromatic rings. The summed E-state index contributed by atoms with van der Waals surface area (Å²) in [6.07, 6.45) is 1.68. The molecule has 1 amide bonds. The van der Waals surface area contributed by atoms with Gasteiger partial charge in [0, 0.05) is 6.54 Å². The van der Waals surface area contributed by atoms with Gasteiger partial charge in [0.1, 0.15) is 11.5 Å². The van der Waals surface area contributed by atoms with E-state index >= 15 is 0 Å². The van der Waals surface area contributed by atoms with Crippen LogP contribution < -0.4 is 11.1 Å². The molecule has 1 aromatic heterocycles. The highest BCUT2D eigenvalue weighted by atomic mass is 35.5. The maximum atomic E-state index is 12.0. The van der Waals surface area contributed by atoms with Gasteiger partial charge in [-0.15, -0.1) is 17.5 Å². The minimum absolute atomic E-state index is 0. The molecule has 0 saturated carbocycles. The van der Waals surface area contributed by atoms with Crippen molar-refractivity contribution >= 4 is 41.5 Å². The van der Waals surface area contributed by atoms with E-state index in [9.17, 15) is 4.79 Å². The number of benzene rings is 1. The average molecular weight is 379 g/mol. The molecule has 0 spiro atoms. The third-order valence-corrected chi connectivity index (χ3v) is 3.65. The minimum atomic E-state index is -0.331. The van der Waals surface area contributed by atoms with Crippen LogP contribution >= 0.6 is 35.6 Å². The molecule has 23 heavy (non-hydrogen) atoms. The van der Waals surface area contributed by atoms with Gasteiger partial charge in [0.05, 0.1) is 10.0 Å². The molecular formula is C14H18Cl3N5O. The van der Waals surface area contributed by atoms with Gasteiger partial charge in [0.15, 0.2) is 0 Å². The lowest BCUT2D eigenvalue weighted by atomic mass is 10.3. The maximum absolute atomic E-state index is 12.0. The largest absolute Gasteiger partial charge is 0.349 e. The number of nitrogens with one attached hydrogen (secondary N) is 1. The van der Waals surface area contributed by atoms with Crippen molar-refractivity contribution in [2.24, 2.45) is 5.73 Å². The summed E-state index contributed by atoms with van der Waals surface area (Å²) < 4.78 is 1.47. The number of amides is 1. The monoisotopic (exact) mass is 377 g/mol.